The zero-order valence-corrected chi connectivity index (χ0v) is 13.1. The summed E-state index contributed by atoms with van der Waals surface area (Å²) in [5.74, 6) is 0.698. The first-order valence-corrected chi connectivity index (χ1v) is 7.07. The Labute approximate surface area is 128 Å². The molecule has 0 aromatic heterocycles. The molecule has 1 N–H and O–H groups in total. The van der Waals surface area contributed by atoms with E-state index in [1.165, 1.54) is 12.1 Å². The maximum atomic E-state index is 11.5. The number of benzene rings is 1. The summed E-state index contributed by atoms with van der Waals surface area (Å²) in [5, 5.41) is 3.77. The van der Waals surface area contributed by atoms with Crippen molar-refractivity contribution in [1.29, 1.82) is 0 Å². The molecule has 0 aliphatic heterocycles. The number of carbonyl (C=O) groups is 1. The molecule has 0 fully saturated rings. The van der Waals surface area contributed by atoms with E-state index in [1.54, 1.807) is 0 Å². The van der Waals surface area contributed by atoms with Crippen LogP contribution in [0.15, 0.2) is 12.1 Å². The minimum atomic E-state index is -0.192. The Hall–Kier alpha value is -0.640. The van der Waals surface area contributed by atoms with E-state index in [0.717, 1.165) is 6.42 Å². The smallest absolute Gasteiger partial charge is 0.257 e. The third-order valence-electron chi connectivity index (χ3n) is 2.38. The van der Waals surface area contributed by atoms with Crippen molar-refractivity contribution in [3.8, 4) is 5.75 Å². The second-order valence-corrected chi connectivity index (χ2v) is 5.74. The second kappa shape index (κ2) is 7.83. The zero-order chi connectivity index (χ0) is 14.4. The van der Waals surface area contributed by atoms with E-state index in [9.17, 15) is 4.79 Å². The van der Waals surface area contributed by atoms with Crippen LogP contribution in [0, 0.1) is 5.92 Å². The maximum absolute atomic E-state index is 11.5. The van der Waals surface area contributed by atoms with Gasteiger partial charge in [0, 0.05) is 12.6 Å². The molecule has 0 bridgehead atoms. The number of carbonyl (C=O) groups excluding carboxylic acids is 1. The van der Waals surface area contributed by atoms with E-state index in [2.05, 4.69) is 19.2 Å². The fourth-order valence-corrected chi connectivity index (χ4v) is 1.90. The van der Waals surface area contributed by atoms with Crippen LogP contribution in [0.4, 0.5) is 0 Å². The molecule has 3 nitrogen and oxygen atoms in total. The van der Waals surface area contributed by atoms with Crippen LogP contribution in [0.25, 0.3) is 0 Å². The lowest BCUT2D eigenvalue weighted by Gasteiger charge is -2.10. The molecule has 1 rings (SSSR count). The van der Waals surface area contributed by atoms with Crippen LogP contribution in [-0.4, -0.2) is 19.1 Å². The van der Waals surface area contributed by atoms with Gasteiger partial charge in [0.15, 0.2) is 6.61 Å². The Kier molecular flexibility index (Phi) is 6.76. The summed E-state index contributed by atoms with van der Waals surface area (Å²) >= 11 is 17.6. The van der Waals surface area contributed by atoms with E-state index in [0.29, 0.717) is 33.3 Å². The Bertz CT molecular complexity index is 450. The van der Waals surface area contributed by atoms with Crippen molar-refractivity contribution < 1.29 is 9.53 Å². The lowest BCUT2D eigenvalue weighted by Crippen LogP contribution is -2.30. The van der Waals surface area contributed by atoms with Crippen molar-refractivity contribution >= 4 is 40.7 Å². The van der Waals surface area contributed by atoms with Crippen molar-refractivity contribution in [2.45, 2.75) is 20.3 Å². The van der Waals surface area contributed by atoms with Crippen LogP contribution in [0.2, 0.25) is 15.1 Å². The number of ether oxygens (including phenoxy) is 1. The second-order valence-electron chi connectivity index (χ2n) is 4.52. The van der Waals surface area contributed by atoms with Gasteiger partial charge in [0.2, 0.25) is 0 Å². The van der Waals surface area contributed by atoms with Crippen LogP contribution < -0.4 is 10.1 Å². The Morgan fingerprint density at radius 1 is 1.21 bits per heavy atom. The molecule has 0 atom stereocenters. The number of rotatable bonds is 6. The minimum Gasteiger partial charge on any atom is -0.482 e. The van der Waals surface area contributed by atoms with Crippen LogP contribution in [-0.2, 0) is 4.79 Å². The molecule has 0 radical (unpaired) electrons. The largest absolute Gasteiger partial charge is 0.482 e. The van der Waals surface area contributed by atoms with Gasteiger partial charge in [-0.15, -0.1) is 0 Å². The Morgan fingerprint density at radius 3 is 2.47 bits per heavy atom. The SMILES string of the molecule is CC(C)CCNC(=O)COc1cc(Cl)c(Cl)cc1Cl. The fourth-order valence-electron chi connectivity index (χ4n) is 1.31. The van der Waals surface area contributed by atoms with E-state index in [4.69, 9.17) is 39.5 Å². The predicted octanol–water partition coefficient (Wildman–Crippen LogP) is 4.19. The van der Waals surface area contributed by atoms with E-state index >= 15 is 0 Å². The summed E-state index contributed by atoms with van der Waals surface area (Å²) in [6, 6.07) is 2.98. The Morgan fingerprint density at radius 2 is 1.84 bits per heavy atom. The van der Waals surface area contributed by atoms with Gasteiger partial charge in [0.25, 0.3) is 5.91 Å². The van der Waals surface area contributed by atoms with Gasteiger partial charge in [-0.2, -0.15) is 0 Å². The van der Waals surface area contributed by atoms with Gasteiger partial charge in [-0.3, -0.25) is 4.79 Å². The quantitative estimate of drug-likeness (QED) is 0.797. The molecule has 0 aliphatic carbocycles. The minimum absolute atomic E-state index is 0.101. The molecule has 0 unspecified atom stereocenters. The first-order valence-electron chi connectivity index (χ1n) is 5.94. The van der Waals surface area contributed by atoms with E-state index in [1.807, 2.05) is 0 Å². The third-order valence-corrected chi connectivity index (χ3v) is 3.39. The van der Waals surface area contributed by atoms with Crippen molar-refractivity contribution in [2.24, 2.45) is 5.92 Å². The molecule has 0 heterocycles. The van der Waals surface area contributed by atoms with Crippen molar-refractivity contribution in [2.75, 3.05) is 13.2 Å². The monoisotopic (exact) mass is 323 g/mol. The lowest BCUT2D eigenvalue weighted by molar-refractivity contribution is -0.123. The van der Waals surface area contributed by atoms with Crippen LogP contribution in [0.3, 0.4) is 0 Å². The molecule has 106 valence electrons. The number of amides is 1. The van der Waals surface area contributed by atoms with Crippen LogP contribution in [0.5, 0.6) is 5.75 Å². The highest BCUT2D eigenvalue weighted by atomic mass is 35.5. The van der Waals surface area contributed by atoms with E-state index in [-0.39, 0.29) is 12.5 Å². The number of hydrogen-bond acceptors (Lipinski definition) is 2. The molecule has 0 saturated heterocycles. The summed E-state index contributed by atoms with van der Waals surface area (Å²) in [5.41, 5.74) is 0. The third kappa shape index (κ3) is 5.89. The molecule has 1 amide bonds. The first kappa shape index (κ1) is 16.4. The molecule has 0 saturated carbocycles. The molecule has 0 aliphatic rings. The lowest BCUT2D eigenvalue weighted by atomic mass is 10.1. The number of nitrogens with one attached hydrogen (secondary N) is 1. The average Bonchev–Trinajstić information content (AvgIpc) is 2.31. The molecule has 1 aromatic rings. The van der Waals surface area contributed by atoms with Gasteiger partial charge in [-0.1, -0.05) is 48.7 Å². The summed E-state index contributed by atoms with van der Waals surface area (Å²) in [4.78, 5) is 11.5. The summed E-state index contributed by atoms with van der Waals surface area (Å²) in [7, 11) is 0. The predicted molar refractivity (Wildman–Crippen MR) is 79.4 cm³/mol. The van der Waals surface area contributed by atoms with E-state index < -0.39 is 0 Å². The molecule has 0 spiro atoms. The van der Waals surface area contributed by atoms with Crippen molar-refractivity contribution in [3.63, 3.8) is 0 Å². The highest BCUT2D eigenvalue weighted by molar-refractivity contribution is 6.43. The summed E-state index contributed by atoms with van der Waals surface area (Å²) in [6.07, 6.45) is 0.930. The number of hydrogen-bond donors (Lipinski definition) is 1. The topological polar surface area (TPSA) is 38.3 Å². The van der Waals surface area contributed by atoms with Gasteiger partial charge in [0.1, 0.15) is 5.75 Å². The maximum Gasteiger partial charge on any atom is 0.257 e. The van der Waals surface area contributed by atoms with Gasteiger partial charge >= 0.3 is 0 Å². The number of halogens is 3. The first-order chi connectivity index (χ1) is 8.90. The Balaban J connectivity index is 2.44. The van der Waals surface area contributed by atoms with Crippen LogP contribution in [0.1, 0.15) is 20.3 Å². The summed E-state index contributed by atoms with van der Waals surface area (Å²) in [6.45, 7) is 4.72. The highest BCUT2D eigenvalue weighted by Gasteiger charge is 2.09. The molecular formula is C13H16Cl3NO2. The van der Waals surface area contributed by atoms with Crippen molar-refractivity contribution in [1.82, 2.24) is 5.32 Å². The van der Waals surface area contributed by atoms with Gasteiger partial charge in [0.05, 0.1) is 15.1 Å². The average molecular weight is 325 g/mol. The van der Waals surface area contributed by atoms with Gasteiger partial charge < -0.3 is 10.1 Å². The normalized spacial score (nSPS) is 10.6. The standard InChI is InChI=1S/C13H16Cl3NO2/c1-8(2)3-4-17-13(18)7-19-12-6-10(15)9(14)5-11(12)16/h5-6,8H,3-4,7H2,1-2H3,(H,17,18). The van der Waals surface area contributed by atoms with Gasteiger partial charge in [-0.05, 0) is 18.4 Å². The highest BCUT2D eigenvalue weighted by Crippen LogP contribution is 2.33. The molecular weight excluding hydrogens is 309 g/mol. The van der Waals surface area contributed by atoms with Crippen LogP contribution >= 0.6 is 34.8 Å². The molecule has 1 aromatic carbocycles. The molecule has 6 heteroatoms. The fraction of sp³-hybridized carbons (Fsp3) is 0.462. The van der Waals surface area contributed by atoms with Crippen molar-refractivity contribution in [3.05, 3.63) is 27.2 Å². The van der Waals surface area contributed by atoms with Gasteiger partial charge in [-0.25, -0.2) is 0 Å². The zero-order valence-electron chi connectivity index (χ0n) is 10.8. The molecule has 19 heavy (non-hydrogen) atoms. The summed E-state index contributed by atoms with van der Waals surface area (Å²) < 4.78 is 5.30.